The zero-order chi connectivity index (χ0) is 16.5. The minimum atomic E-state index is -0.576. The average Bonchev–Trinajstić information content (AvgIpc) is 2.52. The number of piperidine rings is 1. The highest BCUT2D eigenvalue weighted by Crippen LogP contribution is 2.37. The molecule has 0 N–H and O–H groups in total. The lowest BCUT2D eigenvalue weighted by molar-refractivity contribution is -0.154. The molecule has 0 aromatic carbocycles. The van der Waals surface area contributed by atoms with E-state index in [9.17, 15) is 9.59 Å². The number of esters is 1. The Kier molecular flexibility index (Phi) is 4.80. The van der Waals surface area contributed by atoms with Gasteiger partial charge in [-0.15, -0.1) is 0 Å². The van der Waals surface area contributed by atoms with Gasteiger partial charge in [-0.1, -0.05) is 11.6 Å². The van der Waals surface area contributed by atoms with Gasteiger partial charge in [-0.25, -0.2) is 4.68 Å². The van der Waals surface area contributed by atoms with Gasteiger partial charge >= 0.3 is 5.97 Å². The van der Waals surface area contributed by atoms with E-state index in [2.05, 4.69) is 5.10 Å². The molecule has 2 heterocycles. The van der Waals surface area contributed by atoms with E-state index >= 15 is 0 Å². The number of carbonyl (C=O) groups is 1. The van der Waals surface area contributed by atoms with Crippen molar-refractivity contribution in [3.63, 3.8) is 0 Å². The summed E-state index contributed by atoms with van der Waals surface area (Å²) in [7, 11) is 2.98. The summed E-state index contributed by atoms with van der Waals surface area (Å²) < 4.78 is 6.13. The normalized spacial score (nSPS) is 19.1. The second-order valence-corrected chi connectivity index (χ2v) is 6.65. The summed E-state index contributed by atoms with van der Waals surface area (Å²) in [5, 5.41) is 4.21. The molecule has 2 rings (SSSR count). The van der Waals surface area contributed by atoms with Crippen molar-refractivity contribution in [3.8, 4) is 0 Å². The van der Waals surface area contributed by atoms with Crippen LogP contribution >= 0.6 is 11.6 Å². The van der Waals surface area contributed by atoms with Gasteiger partial charge in [0.1, 0.15) is 5.02 Å². The number of aryl methyl sites for hydroxylation is 1. The third kappa shape index (κ3) is 2.97. The molecular formula is C15H22ClN3O3. The fourth-order valence-electron chi connectivity index (χ4n) is 2.94. The SMILES string of the molecule is COC(=O)C(C)(C)C1CCCN(c2cnn(C)c(=O)c2Cl)C1. The van der Waals surface area contributed by atoms with Crippen LogP contribution in [-0.4, -0.2) is 35.9 Å². The van der Waals surface area contributed by atoms with Crippen molar-refractivity contribution in [2.24, 2.45) is 18.4 Å². The molecule has 0 aliphatic carbocycles. The minimum absolute atomic E-state index is 0.133. The first-order chi connectivity index (χ1) is 10.3. The highest BCUT2D eigenvalue weighted by Gasteiger charge is 2.40. The quantitative estimate of drug-likeness (QED) is 0.793. The summed E-state index contributed by atoms with van der Waals surface area (Å²) in [4.78, 5) is 26.0. The molecule has 6 nitrogen and oxygen atoms in total. The van der Waals surface area contributed by atoms with Crippen LogP contribution in [0.4, 0.5) is 5.69 Å². The second kappa shape index (κ2) is 6.28. The van der Waals surface area contributed by atoms with Gasteiger partial charge in [0, 0.05) is 20.1 Å². The first-order valence-corrected chi connectivity index (χ1v) is 7.72. The van der Waals surface area contributed by atoms with E-state index in [0.29, 0.717) is 12.2 Å². The average molecular weight is 328 g/mol. The van der Waals surface area contributed by atoms with Gasteiger partial charge in [0.15, 0.2) is 0 Å². The Morgan fingerprint density at radius 1 is 1.50 bits per heavy atom. The van der Waals surface area contributed by atoms with E-state index in [1.165, 1.54) is 11.8 Å². The molecule has 1 fully saturated rings. The Balaban J connectivity index is 2.27. The van der Waals surface area contributed by atoms with Crippen molar-refractivity contribution in [2.45, 2.75) is 26.7 Å². The number of halogens is 1. The number of nitrogens with zero attached hydrogens (tertiary/aromatic N) is 3. The molecule has 1 aromatic rings. The number of hydrogen-bond donors (Lipinski definition) is 0. The van der Waals surface area contributed by atoms with Gasteiger partial charge in [-0.05, 0) is 32.6 Å². The van der Waals surface area contributed by atoms with Gasteiger partial charge in [0.25, 0.3) is 5.56 Å². The predicted molar refractivity (Wildman–Crippen MR) is 85.2 cm³/mol. The van der Waals surface area contributed by atoms with Crippen LogP contribution in [0.3, 0.4) is 0 Å². The highest BCUT2D eigenvalue weighted by molar-refractivity contribution is 6.33. The number of ether oxygens (including phenoxy) is 1. The maximum atomic E-state index is 12.0. The molecule has 1 unspecified atom stereocenters. The Morgan fingerprint density at radius 2 is 2.18 bits per heavy atom. The fourth-order valence-corrected chi connectivity index (χ4v) is 3.23. The summed E-state index contributed by atoms with van der Waals surface area (Å²) in [6.45, 7) is 5.24. The molecule has 22 heavy (non-hydrogen) atoms. The molecule has 0 bridgehead atoms. The smallest absolute Gasteiger partial charge is 0.311 e. The van der Waals surface area contributed by atoms with Crippen LogP contribution in [0.5, 0.6) is 0 Å². The number of anilines is 1. The molecular weight excluding hydrogens is 306 g/mol. The molecule has 7 heteroatoms. The zero-order valence-electron chi connectivity index (χ0n) is 13.4. The number of hydrogen-bond acceptors (Lipinski definition) is 5. The van der Waals surface area contributed by atoms with Crippen molar-refractivity contribution in [3.05, 3.63) is 21.6 Å². The van der Waals surface area contributed by atoms with E-state index in [-0.39, 0.29) is 22.5 Å². The van der Waals surface area contributed by atoms with Crippen molar-refractivity contribution in [1.29, 1.82) is 0 Å². The number of carbonyl (C=O) groups excluding carboxylic acids is 1. The van der Waals surface area contributed by atoms with Gasteiger partial charge in [-0.3, -0.25) is 9.59 Å². The van der Waals surface area contributed by atoms with Gasteiger partial charge in [-0.2, -0.15) is 5.10 Å². The van der Waals surface area contributed by atoms with Crippen LogP contribution in [0.2, 0.25) is 5.02 Å². The minimum Gasteiger partial charge on any atom is -0.469 e. The summed E-state index contributed by atoms with van der Waals surface area (Å²) in [5.41, 5.74) is -0.253. The van der Waals surface area contributed by atoms with Crippen LogP contribution < -0.4 is 10.5 Å². The first kappa shape index (κ1) is 16.8. The number of aromatic nitrogens is 2. The van der Waals surface area contributed by atoms with Crippen molar-refractivity contribution in [2.75, 3.05) is 25.1 Å². The van der Waals surface area contributed by atoms with Gasteiger partial charge < -0.3 is 9.64 Å². The summed E-state index contributed by atoms with van der Waals surface area (Å²) in [6.07, 6.45) is 3.47. The molecule has 122 valence electrons. The largest absolute Gasteiger partial charge is 0.469 e. The van der Waals surface area contributed by atoms with Gasteiger partial charge in [0.2, 0.25) is 0 Å². The maximum absolute atomic E-state index is 12.0. The third-order valence-electron chi connectivity index (χ3n) is 4.55. The second-order valence-electron chi connectivity index (χ2n) is 6.27. The third-order valence-corrected chi connectivity index (χ3v) is 4.91. The summed E-state index contributed by atoms with van der Waals surface area (Å²) in [6, 6.07) is 0. The maximum Gasteiger partial charge on any atom is 0.311 e. The Morgan fingerprint density at radius 3 is 2.82 bits per heavy atom. The summed E-state index contributed by atoms with van der Waals surface area (Å²) >= 11 is 6.18. The predicted octanol–water partition coefficient (Wildman–Crippen LogP) is 1.85. The van der Waals surface area contributed by atoms with Crippen molar-refractivity contribution in [1.82, 2.24) is 9.78 Å². The Hall–Kier alpha value is -1.56. The summed E-state index contributed by atoms with van der Waals surface area (Å²) in [5.74, 6) is -0.0821. The van der Waals surface area contributed by atoms with Crippen LogP contribution in [0.15, 0.2) is 11.0 Å². The van der Waals surface area contributed by atoms with Crippen molar-refractivity contribution < 1.29 is 9.53 Å². The van der Waals surface area contributed by atoms with E-state index in [4.69, 9.17) is 16.3 Å². The molecule has 0 spiro atoms. The monoisotopic (exact) mass is 327 g/mol. The number of rotatable bonds is 3. The first-order valence-electron chi connectivity index (χ1n) is 7.34. The number of methoxy groups -OCH3 is 1. The Labute approximate surface area is 135 Å². The van der Waals surface area contributed by atoms with E-state index in [1.54, 1.807) is 13.2 Å². The topological polar surface area (TPSA) is 64.4 Å². The van der Waals surface area contributed by atoms with Crippen LogP contribution in [0.25, 0.3) is 0 Å². The highest BCUT2D eigenvalue weighted by atomic mass is 35.5. The fraction of sp³-hybridized carbons (Fsp3) is 0.667. The van der Waals surface area contributed by atoms with Crippen LogP contribution in [-0.2, 0) is 16.6 Å². The molecule has 1 aliphatic rings. The van der Waals surface area contributed by atoms with E-state index in [1.807, 2.05) is 18.7 Å². The standard InChI is InChI=1S/C15H22ClN3O3/c1-15(2,14(21)22-4)10-6-5-7-19(9-10)11-8-17-18(3)13(20)12(11)16/h8,10H,5-7,9H2,1-4H3. The molecule has 0 saturated carbocycles. The Bertz CT molecular complexity index is 627. The van der Waals surface area contributed by atoms with Crippen LogP contribution in [0, 0.1) is 11.3 Å². The van der Waals surface area contributed by atoms with E-state index < -0.39 is 5.41 Å². The lowest BCUT2D eigenvalue weighted by Gasteiger charge is -2.40. The lowest BCUT2D eigenvalue weighted by Crippen LogP contribution is -2.45. The molecule has 1 aliphatic heterocycles. The lowest BCUT2D eigenvalue weighted by atomic mass is 9.74. The molecule has 1 aromatic heterocycles. The molecule has 1 saturated heterocycles. The zero-order valence-corrected chi connectivity index (χ0v) is 14.2. The molecule has 0 amide bonds. The van der Waals surface area contributed by atoms with Gasteiger partial charge in [0.05, 0.1) is 24.4 Å². The van der Waals surface area contributed by atoms with Crippen molar-refractivity contribution >= 4 is 23.3 Å². The van der Waals surface area contributed by atoms with E-state index in [0.717, 1.165) is 19.4 Å². The van der Waals surface area contributed by atoms with Crippen LogP contribution in [0.1, 0.15) is 26.7 Å². The molecule has 0 radical (unpaired) electrons. The molecule has 1 atom stereocenters.